The number of thiophene rings is 1. The van der Waals surface area contributed by atoms with Crippen molar-refractivity contribution in [3.05, 3.63) is 56.4 Å². The molecule has 0 amide bonds. The first-order valence-corrected chi connectivity index (χ1v) is 9.87. The highest BCUT2D eigenvalue weighted by molar-refractivity contribution is 7.18. The van der Waals surface area contributed by atoms with E-state index >= 15 is 0 Å². The summed E-state index contributed by atoms with van der Waals surface area (Å²) >= 11 is 7.47. The molecule has 0 saturated carbocycles. The Kier molecular flexibility index (Phi) is 4.98. The Morgan fingerprint density at radius 1 is 1.27 bits per heavy atom. The molecular formula is C19H19ClN2O3S. The third-order valence-corrected chi connectivity index (χ3v) is 6.06. The van der Waals surface area contributed by atoms with Crippen LogP contribution in [-0.2, 0) is 19.4 Å². The number of aromatic nitrogens is 2. The third kappa shape index (κ3) is 3.49. The molecule has 0 radical (unpaired) electrons. The number of fused-ring (bicyclic) bond motifs is 3. The molecule has 7 heteroatoms. The van der Waals surface area contributed by atoms with Gasteiger partial charge in [-0.1, -0.05) is 11.6 Å². The van der Waals surface area contributed by atoms with Crippen LogP contribution >= 0.6 is 22.9 Å². The van der Waals surface area contributed by atoms with Gasteiger partial charge in [0.15, 0.2) is 0 Å². The maximum atomic E-state index is 12.9. The Hall–Kier alpha value is -1.89. The van der Waals surface area contributed by atoms with Crippen molar-refractivity contribution in [1.29, 1.82) is 0 Å². The fourth-order valence-corrected chi connectivity index (χ4v) is 4.66. The second-order valence-electron chi connectivity index (χ2n) is 6.51. The van der Waals surface area contributed by atoms with Crippen LogP contribution < -0.4 is 10.3 Å². The van der Waals surface area contributed by atoms with Crippen LogP contribution in [0.2, 0.25) is 5.02 Å². The molecule has 5 nitrogen and oxygen atoms in total. The third-order valence-electron chi connectivity index (χ3n) is 4.61. The monoisotopic (exact) mass is 390 g/mol. The standard InChI is InChI=1S/C19H19ClN2O3S/c20-12-5-7-14(8-6-12)25-10-13(23)9-22-11-21-18-17(19(22)24)15-3-1-2-4-16(15)26-18/h5-8,11,13,23H,1-4,9-10H2/t13-/m1/s1. The molecule has 0 unspecified atom stereocenters. The molecule has 3 aromatic rings. The molecule has 1 aliphatic rings. The first kappa shape index (κ1) is 17.5. The number of aryl methyl sites for hydroxylation is 2. The molecule has 0 bridgehead atoms. The van der Waals surface area contributed by atoms with Crippen LogP contribution in [0.3, 0.4) is 0 Å². The molecule has 1 atom stereocenters. The van der Waals surface area contributed by atoms with Crippen LogP contribution in [0.1, 0.15) is 23.3 Å². The van der Waals surface area contributed by atoms with Gasteiger partial charge in [-0.2, -0.15) is 0 Å². The first-order valence-electron chi connectivity index (χ1n) is 8.68. The van der Waals surface area contributed by atoms with Crippen molar-refractivity contribution in [1.82, 2.24) is 9.55 Å². The predicted octanol–water partition coefficient (Wildman–Crippen LogP) is 3.43. The molecule has 0 fully saturated rings. The minimum atomic E-state index is -0.808. The zero-order valence-electron chi connectivity index (χ0n) is 14.2. The molecule has 26 heavy (non-hydrogen) atoms. The highest BCUT2D eigenvalue weighted by Crippen LogP contribution is 2.33. The van der Waals surface area contributed by atoms with Crippen molar-refractivity contribution in [3.63, 3.8) is 0 Å². The second kappa shape index (κ2) is 7.39. The van der Waals surface area contributed by atoms with E-state index in [1.54, 1.807) is 35.6 Å². The Morgan fingerprint density at radius 2 is 2.04 bits per heavy atom. The van der Waals surface area contributed by atoms with Crippen LogP contribution in [-0.4, -0.2) is 27.4 Å². The van der Waals surface area contributed by atoms with E-state index in [-0.39, 0.29) is 18.7 Å². The molecule has 136 valence electrons. The van der Waals surface area contributed by atoms with Crippen molar-refractivity contribution < 1.29 is 9.84 Å². The predicted molar refractivity (Wildman–Crippen MR) is 103 cm³/mol. The highest BCUT2D eigenvalue weighted by Gasteiger charge is 2.20. The minimum Gasteiger partial charge on any atom is -0.491 e. The van der Waals surface area contributed by atoms with E-state index in [0.29, 0.717) is 10.8 Å². The van der Waals surface area contributed by atoms with Gasteiger partial charge in [-0.15, -0.1) is 11.3 Å². The molecule has 1 aliphatic carbocycles. The summed E-state index contributed by atoms with van der Waals surface area (Å²) in [6, 6.07) is 6.94. The number of benzene rings is 1. The summed E-state index contributed by atoms with van der Waals surface area (Å²) in [5.74, 6) is 0.626. The lowest BCUT2D eigenvalue weighted by atomic mass is 9.97. The highest BCUT2D eigenvalue weighted by atomic mass is 35.5. The Bertz CT molecular complexity index is 981. The molecular weight excluding hydrogens is 372 g/mol. The lowest BCUT2D eigenvalue weighted by Crippen LogP contribution is -2.30. The smallest absolute Gasteiger partial charge is 0.262 e. The maximum Gasteiger partial charge on any atom is 0.262 e. The summed E-state index contributed by atoms with van der Waals surface area (Å²) in [5.41, 5.74) is 1.09. The van der Waals surface area contributed by atoms with Gasteiger partial charge in [0.2, 0.25) is 0 Å². The van der Waals surface area contributed by atoms with Crippen LogP contribution in [0.4, 0.5) is 0 Å². The van der Waals surface area contributed by atoms with Gasteiger partial charge in [-0.25, -0.2) is 4.98 Å². The van der Waals surface area contributed by atoms with Crippen molar-refractivity contribution in [2.24, 2.45) is 0 Å². The van der Waals surface area contributed by atoms with Gasteiger partial charge in [0.25, 0.3) is 5.56 Å². The van der Waals surface area contributed by atoms with Gasteiger partial charge < -0.3 is 9.84 Å². The van der Waals surface area contributed by atoms with Gasteiger partial charge in [0.1, 0.15) is 23.3 Å². The van der Waals surface area contributed by atoms with Gasteiger partial charge in [-0.05, 0) is 55.5 Å². The molecule has 0 saturated heterocycles. The number of nitrogens with zero attached hydrogens (tertiary/aromatic N) is 2. The second-order valence-corrected chi connectivity index (χ2v) is 8.03. The van der Waals surface area contributed by atoms with Gasteiger partial charge >= 0.3 is 0 Å². The van der Waals surface area contributed by atoms with Crippen molar-refractivity contribution in [2.45, 2.75) is 38.3 Å². The van der Waals surface area contributed by atoms with Gasteiger partial charge in [0.05, 0.1) is 18.3 Å². The van der Waals surface area contributed by atoms with E-state index in [4.69, 9.17) is 16.3 Å². The van der Waals surface area contributed by atoms with Crippen LogP contribution in [0.25, 0.3) is 10.2 Å². The number of hydrogen-bond donors (Lipinski definition) is 1. The van der Waals surface area contributed by atoms with Crippen molar-refractivity contribution in [3.8, 4) is 5.75 Å². The summed E-state index contributed by atoms with van der Waals surface area (Å²) in [4.78, 5) is 19.4. The fraction of sp³-hybridized carbons (Fsp3) is 0.368. The first-order chi connectivity index (χ1) is 12.6. The van der Waals surface area contributed by atoms with Crippen LogP contribution in [0, 0.1) is 0 Å². The fourth-order valence-electron chi connectivity index (χ4n) is 3.31. The van der Waals surface area contributed by atoms with E-state index in [1.807, 2.05) is 0 Å². The van der Waals surface area contributed by atoms with Crippen molar-refractivity contribution in [2.75, 3.05) is 6.61 Å². The topological polar surface area (TPSA) is 64.4 Å². The number of rotatable bonds is 5. The average molecular weight is 391 g/mol. The lowest BCUT2D eigenvalue weighted by Gasteiger charge is -2.14. The molecule has 0 aliphatic heterocycles. The summed E-state index contributed by atoms with van der Waals surface area (Å²) in [7, 11) is 0. The van der Waals surface area contributed by atoms with E-state index in [9.17, 15) is 9.90 Å². The number of ether oxygens (including phenoxy) is 1. The Labute approximate surface area is 159 Å². The molecule has 1 aromatic carbocycles. The molecule has 0 spiro atoms. The summed E-state index contributed by atoms with van der Waals surface area (Å²) in [5, 5.41) is 11.6. The zero-order valence-corrected chi connectivity index (χ0v) is 15.7. The van der Waals surface area contributed by atoms with E-state index in [2.05, 4.69) is 4.98 Å². The number of hydrogen-bond acceptors (Lipinski definition) is 5. The average Bonchev–Trinajstić information content (AvgIpc) is 3.03. The Morgan fingerprint density at radius 3 is 2.85 bits per heavy atom. The van der Waals surface area contributed by atoms with E-state index < -0.39 is 6.10 Å². The molecule has 4 rings (SSSR count). The lowest BCUT2D eigenvalue weighted by molar-refractivity contribution is 0.0915. The van der Waals surface area contributed by atoms with E-state index in [0.717, 1.165) is 35.0 Å². The zero-order chi connectivity index (χ0) is 18.1. The quantitative estimate of drug-likeness (QED) is 0.724. The molecule has 2 heterocycles. The number of halogens is 1. The van der Waals surface area contributed by atoms with Gasteiger partial charge in [-0.3, -0.25) is 9.36 Å². The van der Waals surface area contributed by atoms with Gasteiger partial charge in [0, 0.05) is 9.90 Å². The normalized spacial score (nSPS) is 15.0. The maximum absolute atomic E-state index is 12.9. The Balaban J connectivity index is 1.50. The van der Waals surface area contributed by atoms with E-state index in [1.165, 1.54) is 22.2 Å². The molecule has 2 aromatic heterocycles. The van der Waals surface area contributed by atoms with Crippen molar-refractivity contribution >= 4 is 33.2 Å². The number of aliphatic hydroxyl groups is 1. The molecule has 1 N–H and O–H groups in total. The SMILES string of the molecule is O=c1c2c3c(sc2ncn1C[C@@H](O)COc1ccc(Cl)cc1)CCCC3. The summed E-state index contributed by atoms with van der Waals surface area (Å²) in [6.07, 6.45) is 4.99. The van der Waals surface area contributed by atoms with Crippen LogP contribution in [0.15, 0.2) is 35.4 Å². The summed E-state index contributed by atoms with van der Waals surface area (Å²) < 4.78 is 7.04. The summed E-state index contributed by atoms with van der Waals surface area (Å²) in [6.45, 7) is 0.244. The van der Waals surface area contributed by atoms with Crippen LogP contribution in [0.5, 0.6) is 5.75 Å². The number of aliphatic hydroxyl groups excluding tert-OH is 1. The largest absolute Gasteiger partial charge is 0.491 e. The minimum absolute atomic E-state index is 0.0695.